The summed E-state index contributed by atoms with van der Waals surface area (Å²) in [5.41, 5.74) is 2.04. The van der Waals surface area contributed by atoms with Crippen molar-refractivity contribution in [3.05, 3.63) is 40.4 Å². The Morgan fingerprint density at radius 3 is 2.83 bits per heavy atom. The minimum Gasteiger partial charge on any atom is -0.325 e. The first-order valence-corrected chi connectivity index (χ1v) is 7.18. The standard InChI is InChI=1S/C15H16BrNO/c1-9-2-5-13(16)14(6-9)17-15(18)12-8-10-3-4-11(12)7-10/h2-6,10-12H,7-8H2,1H3,(H,17,18). The molecule has 1 saturated carbocycles. The first kappa shape index (κ1) is 12.0. The summed E-state index contributed by atoms with van der Waals surface area (Å²) < 4.78 is 0.945. The lowest BCUT2D eigenvalue weighted by molar-refractivity contribution is -0.120. The third-order valence-corrected chi connectivity index (χ3v) is 4.69. The van der Waals surface area contributed by atoms with Crippen molar-refractivity contribution in [2.45, 2.75) is 19.8 Å². The number of nitrogens with one attached hydrogen (secondary N) is 1. The van der Waals surface area contributed by atoms with Crippen LogP contribution in [-0.4, -0.2) is 5.91 Å². The predicted molar refractivity (Wildman–Crippen MR) is 76.4 cm³/mol. The van der Waals surface area contributed by atoms with E-state index in [1.54, 1.807) is 0 Å². The van der Waals surface area contributed by atoms with Gasteiger partial charge in [-0.1, -0.05) is 18.2 Å². The van der Waals surface area contributed by atoms with Crippen LogP contribution in [0.25, 0.3) is 0 Å². The van der Waals surface area contributed by atoms with E-state index in [9.17, 15) is 4.79 Å². The lowest BCUT2D eigenvalue weighted by atomic mass is 9.93. The van der Waals surface area contributed by atoms with Crippen LogP contribution < -0.4 is 5.32 Å². The monoisotopic (exact) mass is 305 g/mol. The van der Waals surface area contributed by atoms with Crippen LogP contribution in [0, 0.1) is 24.7 Å². The SMILES string of the molecule is Cc1ccc(Br)c(NC(=O)C2CC3C=CC2C3)c1. The lowest BCUT2D eigenvalue weighted by Gasteiger charge is -2.18. The molecule has 0 heterocycles. The van der Waals surface area contributed by atoms with Gasteiger partial charge < -0.3 is 5.32 Å². The van der Waals surface area contributed by atoms with Gasteiger partial charge in [-0.25, -0.2) is 0 Å². The average Bonchev–Trinajstić information content (AvgIpc) is 2.96. The molecule has 2 bridgehead atoms. The van der Waals surface area contributed by atoms with E-state index in [1.165, 1.54) is 0 Å². The van der Waals surface area contributed by atoms with Gasteiger partial charge in [0.15, 0.2) is 0 Å². The summed E-state index contributed by atoms with van der Waals surface area (Å²) in [6, 6.07) is 6.01. The smallest absolute Gasteiger partial charge is 0.228 e. The zero-order valence-electron chi connectivity index (χ0n) is 10.3. The van der Waals surface area contributed by atoms with E-state index < -0.39 is 0 Å². The molecule has 0 saturated heterocycles. The van der Waals surface area contributed by atoms with Gasteiger partial charge in [0.2, 0.25) is 5.91 Å². The average molecular weight is 306 g/mol. The molecule has 0 radical (unpaired) electrons. The van der Waals surface area contributed by atoms with Crippen LogP contribution in [0.4, 0.5) is 5.69 Å². The maximum absolute atomic E-state index is 12.3. The van der Waals surface area contributed by atoms with Crippen molar-refractivity contribution in [1.29, 1.82) is 0 Å². The van der Waals surface area contributed by atoms with E-state index in [2.05, 4.69) is 33.4 Å². The molecule has 2 nitrogen and oxygen atoms in total. The first-order valence-electron chi connectivity index (χ1n) is 6.39. The number of hydrogen-bond donors (Lipinski definition) is 1. The van der Waals surface area contributed by atoms with E-state index in [0.29, 0.717) is 11.8 Å². The summed E-state index contributed by atoms with van der Waals surface area (Å²) in [6.07, 6.45) is 6.64. The van der Waals surface area contributed by atoms with Gasteiger partial charge in [-0.3, -0.25) is 4.79 Å². The van der Waals surface area contributed by atoms with Crippen LogP contribution >= 0.6 is 15.9 Å². The Hall–Kier alpha value is -1.09. The number of benzene rings is 1. The Morgan fingerprint density at radius 1 is 1.33 bits per heavy atom. The largest absolute Gasteiger partial charge is 0.325 e. The van der Waals surface area contributed by atoms with Gasteiger partial charge in [-0.2, -0.15) is 0 Å². The highest BCUT2D eigenvalue weighted by Gasteiger charge is 2.39. The Balaban J connectivity index is 1.75. The third kappa shape index (κ3) is 2.12. The van der Waals surface area contributed by atoms with Crippen molar-refractivity contribution in [3.8, 4) is 0 Å². The Labute approximate surface area is 116 Å². The van der Waals surface area contributed by atoms with Gasteiger partial charge in [0.25, 0.3) is 0 Å². The Kier molecular flexibility index (Phi) is 3.02. The second kappa shape index (κ2) is 4.54. The molecule has 3 unspecified atom stereocenters. The molecule has 0 spiro atoms. The molecule has 1 amide bonds. The summed E-state index contributed by atoms with van der Waals surface area (Å²) >= 11 is 3.48. The summed E-state index contributed by atoms with van der Waals surface area (Å²) in [5, 5.41) is 3.06. The molecule has 1 aromatic carbocycles. The number of amides is 1. The highest BCUT2D eigenvalue weighted by molar-refractivity contribution is 9.10. The fourth-order valence-corrected chi connectivity index (χ4v) is 3.39. The van der Waals surface area contributed by atoms with Crippen LogP contribution in [-0.2, 0) is 4.79 Å². The molecular formula is C15H16BrNO. The maximum Gasteiger partial charge on any atom is 0.228 e. The first-order chi connectivity index (χ1) is 8.63. The zero-order valence-corrected chi connectivity index (χ0v) is 11.9. The van der Waals surface area contributed by atoms with E-state index in [4.69, 9.17) is 0 Å². The van der Waals surface area contributed by atoms with E-state index in [1.807, 2.05) is 25.1 Å². The summed E-state index contributed by atoms with van der Waals surface area (Å²) in [4.78, 5) is 12.3. The minimum atomic E-state index is 0.160. The summed E-state index contributed by atoms with van der Waals surface area (Å²) in [6.45, 7) is 2.03. The molecule has 1 aromatic rings. The molecule has 0 aromatic heterocycles. The summed E-state index contributed by atoms with van der Waals surface area (Å²) in [5.74, 6) is 1.41. The highest BCUT2D eigenvalue weighted by atomic mass is 79.9. The highest BCUT2D eigenvalue weighted by Crippen LogP contribution is 2.44. The van der Waals surface area contributed by atoms with Crippen LogP contribution in [0.5, 0.6) is 0 Å². The van der Waals surface area contributed by atoms with Crippen molar-refractivity contribution >= 4 is 27.5 Å². The molecule has 3 atom stereocenters. The van der Waals surface area contributed by atoms with Gasteiger partial charge in [0.1, 0.15) is 0 Å². The molecule has 1 fully saturated rings. The third-order valence-electron chi connectivity index (χ3n) is 4.00. The summed E-state index contributed by atoms with van der Waals surface area (Å²) in [7, 11) is 0. The Bertz CT molecular complexity index is 523. The lowest BCUT2D eigenvalue weighted by Crippen LogP contribution is -2.26. The fourth-order valence-electron chi connectivity index (χ4n) is 3.04. The number of anilines is 1. The Morgan fingerprint density at radius 2 is 2.17 bits per heavy atom. The fraction of sp³-hybridized carbons (Fsp3) is 0.400. The molecule has 3 heteroatoms. The maximum atomic E-state index is 12.3. The second-order valence-electron chi connectivity index (χ2n) is 5.36. The van der Waals surface area contributed by atoms with Crippen molar-refractivity contribution in [3.63, 3.8) is 0 Å². The number of aryl methyl sites for hydroxylation is 1. The normalized spacial score (nSPS) is 28.7. The van der Waals surface area contributed by atoms with Gasteiger partial charge in [0, 0.05) is 10.4 Å². The number of halogens is 1. The van der Waals surface area contributed by atoms with Crippen LogP contribution in [0.1, 0.15) is 18.4 Å². The topological polar surface area (TPSA) is 29.1 Å². The molecule has 1 N–H and O–H groups in total. The van der Waals surface area contributed by atoms with Gasteiger partial charge in [0.05, 0.1) is 5.69 Å². The van der Waals surface area contributed by atoms with Gasteiger partial charge in [-0.15, -0.1) is 0 Å². The van der Waals surface area contributed by atoms with E-state index >= 15 is 0 Å². The molecular weight excluding hydrogens is 290 g/mol. The number of allylic oxidation sites excluding steroid dienone is 2. The number of carbonyl (C=O) groups is 1. The predicted octanol–water partition coefficient (Wildman–Crippen LogP) is 3.91. The van der Waals surface area contributed by atoms with Crippen molar-refractivity contribution in [2.75, 3.05) is 5.32 Å². The number of fused-ring (bicyclic) bond motifs is 2. The molecule has 3 rings (SSSR count). The zero-order chi connectivity index (χ0) is 12.7. The van der Waals surface area contributed by atoms with Gasteiger partial charge in [-0.05, 0) is 65.2 Å². The molecule has 18 heavy (non-hydrogen) atoms. The van der Waals surface area contributed by atoms with Crippen LogP contribution in [0.2, 0.25) is 0 Å². The number of carbonyl (C=O) groups excluding carboxylic acids is 1. The molecule has 94 valence electrons. The van der Waals surface area contributed by atoms with Crippen LogP contribution in [0.3, 0.4) is 0 Å². The number of rotatable bonds is 2. The minimum absolute atomic E-state index is 0.160. The van der Waals surface area contributed by atoms with E-state index in [-0.39, 0.29) is 11.8 Å². The van der Waals surface area contributed by atoms with Crippen molar-refractivity contribution in [2.24, 2.45) is 17.8 Å². The van der Waals surface area contributed by atoms with Crippen LogP contribution in [0.15, 0.2) is 34.8 Å². The quantitative estimate of drug-likeness (QED) is 0.825. The van der Waals surface area contributed by atoms with Crippen molar-refractivity contribution in [1.82, 2.24) is 0 Å². The number of hydrogen-bond acceptors (Lipinski definition) is 1. The molecule has 0 aliphatic heterocycles. The molecule has 2 aliphatic carbocycles. The van der Waals surface area contributed by atoms with E-state index in [0.717, 1.165) is 28.6 Å². The second-order valence-corrected chi connectivity index (χ2v) is 6.21. The van der Waals surface area contributed by atoms with Crippen molar-refractivity contribution < 1.29 is 4.79 Å². The van der Waals surface area contributed by atoms with Gasteiger partial charge >= 0.3 is 0 Å². The molecule has 2 aliphatic rings.